The molecule has 1 rings (SSSR count). The number of likely N-dealkylation sites (N-methyl/N-ethyl adjacent to an activating group) is 1. The highest BCUT2D eigenvalue weighted by molar-refractivity contribution is 5.81. The first kappa shape index (κ1) is 18.1. The molecular formula is C18H28N2O4. The third kappa shape index (κ3) is 5.76. The van der Waals surface area contributed by atoms with Crippen molar-refractivity contribution in [1.29, 1.82) is 0 Å². The quantitative estimate of drug-likeness (QED) is 0.773. The molecule has 1 aromatic carbocycles. The summed E-state index contributed by atoms with van der Waals surface area (Å²) in [6, 6.07) is 6.73. The van der Waals surface area contributed by atoms with E-state index in [2.05, 4.69) is 0 Å². The zero-order valence-electron chi connectivity index (χ0n) is 16.3. The Bertz CT molecular complexity index is 584. The van der Waals surface area contributed by atoms with Crippen LogP contribution in [-0.2, 0) is 20.7 Å². The van der Waals surface area contributed by atoms with E-state index in [-0.39, 0.29) is 7.02 Å². The number of hydrogen-bond acceptors (Lipinski definition) is 5. The van der Waals surface area contributed by atoms with Gasteiger partial charge in [0.05, 0.1) is 7.11 Å². The molecule has 0 spiro atoms. The van der Waals surface area contributed by atoms with Crippen LogP contribution in [0.25, 0.3) is 0 Å². The lowest BCUT2D eigenvalue weighted by atomic mass is 10.0. The fraction of sp³-hybridized carbons (Fsp3) is 0.556. The first-order valence-corrected chi connectivity index (χ1v) is 7.72. The predicted octanol–water partition coefficient (Wildman–Crippen LogP) is 2.70. The lowest BCUT2D eigenvalue weighted by Crippen LogP contribution is -2.46. The van der Waals surface area contributed by atoms with Crippen LogP contribution in [0.3, 0.4) is 0 Å². The standard InChI is InChI=1S/C18H28N2O4/c1-18(2,3)24-17(22)20(6)15(16(21)23-7)12-13-8-10-14(11-9-13)19(4)5/h8-11,15H,12H2,1-7H3/i4D. The Morgan fingerprint density at radius 3 is 2.25 bits per heavy atom. The molecule has 1 unspecified atom stereocenters. The minimum absolute atomic E-state index is 0.158. The van der Waals surface area contributed by atoms with Gasteiger partial charge in [-0.15, -0.1) is 0 Å². The Morgan fingerprint density at radius 2 is 1.79 bits per heavy atom. The lowest BCUT2D eigenvalue weighted by molar-refractivity contribution is -0.146. The van der Waals surface area contributed by atoms with Crippen LogP contribution in [0.15, 0.2) is 24.3 Å². The Labute approximate surface area is 145 Å². The number of carbonyl (C=O) groups is 2. The van der Waals surface area contributed by atoms with Crippen LogP contribution in [0.1, 0.15) is 27.7 Å². The normalized spacial score (nSPS) is 12.8. The molecular weight excluding hydrogens is 308 g/mol. The Hall–Kier alpha value is -2.24. The number of esters is 1. The van der Waals surface area contributed by atoms with Gasteiger partial charge in [-0.25, -0.2) is 9.59 Å². The van der Waals surface area contributed by atoms with Crippen LogP contribution in [0, 0.1) is 0 Å². The van der Waals surface area contributed by atoms with Gasteiger partial charge >= 0.3 is 12.1 Å². The molecule has 0 N–H and O–H groups in total. The fourth-order valence-corrected chi connectivity index (χ4v) is 2.09. The number of rotatable bonds is 5. The summed E-state index contributed by atoms with van der Waals surface area (Å²) in [5.41, 5.74) is 1.15. The van der Waals surface area contributed by atoms with Crippen molar-refractivity contribution in [2.75, 3.05) is 33.1 Å². The lowest BCUT2D eigenvalue weighted by Gasteiger charge is -2.29. The molecule has 0 heterocycles. The first-order chi connectivity index (χ1) is 11.6. The number of benzene rings is 1. The average molecular weight is 337 g/mol. The predicted molar refractivity (Wildman–Crippen MR) is 94.3 cm³/mol. The molecule has 0 aliphatic heterocycles. The second-order valence-corrected chi connectivity index (χ2v) is 6.70. The van der Waals surface area contributed by atoms with Crippen LogP contribution < -0.4 is 4.90 Å². The zero-order chi connectivity index (χ0) is 19.2. The molecule has 6 nitrogen and oxygen atoms in total. The monoisotopic (exact) mass is 337 g/mol. The molecule has 0 bridgehead atoms. The minimum Gasteiger partial charge on any atom is -0.467 e. The van der Waals surface area contributed by atoms with Gasteiger partial charge in [0.15, 0.2) is 0 Å². The summed E-state index contributed by atoms with van der Waals surface area (Å²) in [6.07, 6.45) is -0.263. The fourth-order valence-electron chi connectivity index (χ4n) is 2.09. The third-order valence-electron chi connectivity index (χ3n) is 3.43. The Balaban J connectivity index is 2.93. The summed E-state index contributed by atoms with van der Waals surface area (Å²) in [5.74, 6) is -0.499. The number of methoxy groups -OCH3 is 1. The SMILES string of the molecule is [2H]CN(C)c1ccc(CC(C(=O)OC)N(C)C(=O)OC(C)(C)C)cc1. The van der Waals surface area contributed by atoms with Crippen LogP contribution in [-0.4, -0.2) is 56.8 Å². The molecule has 0 saturated heterocycles. The molecule has 134 valence electrons. The van der Waals surface area contributed by atoms with Crippen molar-refractivity contribution in [3.05, 3.63) is 29.8 Å². The molecule has 0 aromatic heterocycles. The topological polar surface area (TPSA) is 59.1 Å². The van der Waals surface area contributed by atoms with E-state index in [4.69, 9.17) is 10.8 Å². The molecule has 0 aliphatic carbocycles. The van der Waals surface area contributed by atoms with E-state index in [0.29, 0.717) is 6.42 Å². The zero-order valence-corrected chi connectivity index (χ0v) is 15.3. The maximum atomic E-state index is 12.3. The van der Waals surface area contributed by atoms with E-state index >= 15 is 0 Å². The summed E-state index contributed by atoms with van der Waals surface area (Å²) in [4.78, 5) is 27.5. The van der Waals surface area contributed by atoms with E-state index in [1.165, 1.54) is 19.1 Å². The van der Waals surface area contributed by atoms with Gasteiger partial charge in [-0.05, 0) is 38.5 Å². The number of anilines is 1. The van der Waals surface area contributed by atoms with Gasteiger partial charge in [0.25, 0.3) is 0 Å². The van der Waals surface area contributed by atoms with Crippen molar-refractivity contribution in [3.63, 3.8) is 0 Å². The van der Waals surface area contributed by atoms with Crippen molar-refractivity contribution >= 4 is 17.7 Å². The van der Waals surface area contributed by atoms with Gasteiger partial charge in [-0.3, -0.25) is 4.90 Å². The number of nitrogens with zero attached hydrogens (tertiary/aromatic N) is 2. The Morgan fingerprint density at radius 1 is 1.21 bits per heavy atom. The van der Waals surface area contributed by atoms with Crippen LogP contribution >= 0.6 is 0 Å². The summed E-state index contributed by atoms with van der Waals surface area (Å²) < 4.78 is 17.5. The highest BCUT2D eigenvalue weighted by Gasteiger charge is 2.31. The molecule has 0 aliphatic rings. The van der Waals surface area contributed by atoms with Crippen molar-refractivity contribution in [2.24, 2.45) is 0 Å². The summed E-state index contributed by atoms with van der Waals surface area (Å²) in [6.45, 7) is 5.31. The van der Waals surface area contributed by atoms with Crippen molar-refractivity contribution in [1.82, 2.24) is 4.90 Å². The largest absolute Gasteiger partial charge is 0.467 e. The van der Waals surface area contributed by atoms with Crippen LogP contribution in [0.2, 0.25) is 0 Å². The Kier molecular flexibility index (Phi) is 6.06. The smallest absolute Gasteiger partial charge is 0.410 e. The third-order valence-corrected chi connectivity index (χ3v) is 3.43. The van der Waals surface area contributed by atoms with Crippen molar-refractivity contribution in [3.8, 4) is 0 Å². The highest BCUT2D eigenvalue weighted by atomic mass is 16.6. The summed E-state index contributed by atoms with van der Waals surface area (Å²) in [7, 11) is 4.81. The number of amides is 1. The number of carbonyl (C=O) groups excluding carboxylic acids is 2. The maximum absolute atomic E-state index is 12.3. The average Bonchev–Trinajstić information content (AvgIpc) is 2.56. The molecule has 24 heavy (non-hydrogen) atoms. The van der Waals surface area contributed by atoms with E-state index in [0.717, 1.165) is 11.3 Å². The molecule has 0 fully saturated rings. The molecule has 1 amide bonds. The highest BCUT2D eigenvalue weighted by Crippen LogP contribution is 2.17. The summed E-state index contributed by atoms with van der Waals surface area (Å²) >= 11 is 0. The molecule has 0 saturated carbocycles. The van der Waals surface area contributed by atoms with Gasteiger partial charge in [-0.1, -0.05) is 12.1 Å². The second kappa shape index (κ2) is 8.04. The van der Waals surface area contributed by atoms with Gasteiger partial charge in [0.2, 0.25) is 0 Å². The summed E-state index contributed by atoms with van der Waals surface area (Å²) in [5, 5.41) is 0. The maximum Gasteiger partial charge on any atom is 0.410 e. The van der Waals surface area contributed by atoms with Gasteiger partial charge in [-0.2, -0.15) is 0 Å². The van der Waals surface area contributed by atoms with Gasteiger partial charge in [0, 0.05) is 34.6 Å². The molecule has 1 aromatic rings. The number of ether oxygens (including phenoxy) is 2. The second-order valence-electron chi connectivity index (χ2n) is 6.70. The van der Waals surface area contributed by atoms with E-state index < -0.39 is 23.7 Å². The molecule has 0 radical (unpaired) electrons. The van der Waals surface area contributed by atoms with Crippen molar-refractivity contribution < 1.29 is 20.4 Å². The van der Waals surface area contributed by atoms with E-state index in [1.54, 1.807) is 25.7 Å². The number of hydrogen-bond donors (Lipinski definition) is 0. The van der Waals surface area contributed by atoms with Crippen LogP contribution in [0.5, 0.6) is 0 Å². The van der Waals surface area contributed by atoms with Gasteiger partial charge in [0.1, 0.15) is 11.6 Å². The van der Waals surface area contributed by atoms with E-state index in [1.807, 2.05) is 31.3 Å². The minimum atomic E-state index is -0.778. The van der Waals surface area contributed by atoms with Crippen LogP contribution in [0.4, 0.5) is 10.5 Å². The van der Waals surface area contributed by atoms with Crippen molar-refractivity contribution in [2.45, 2.75) is 38.8 Å². The first-order valence-electron chi connectivity index (χ1n) is 8.42. The molecule has 1 atom stereocenters. The molecule has 6 heteroatoms. The van der Waals surface area contributed by atoms with E-state index in [9.17, 15) is 9.59 Å². The van der Waals surface area contributed by atoms with Gasteiger partial charge < -0.3 is 14.4 Å².